The molecular formula is C27H31NO5. The molecule has 174 valence electrons. The molecule has 4 rings (SSSR count). The number of aliphatic hydroxyl groups is 1. The Bertz CT molecular complexity index is 1080. The maximum Gasteiger partial charge on any atom is 0.295 e. The van der Waals surface area contributed by atoms with E-state index in [2.05, 4.69) is 13.8 Å². The first-order valence-electron chi connectivity index (χ1n) is 11.5. The van der Waals surface area contributed by atoms with Crippen molar-refractivity contribution < 1.29 is 24.2 Å². The Kier molecular flexibility index (Phi) is 6.56. The Morgan fingerprint density at radius 1 is 1.18 bits per heavy atom. The molecule has 6 heteroatoms. The molecule has 6 nitrogen and oxygen atoms in total. The summed E-state index contributed by atoms with van der Waals surface area (Å²) in [7, 11) is 1.51. The van der Waals surface area contributed by atoms with Gasteiger partial charge in [-0.15, -0.1) is 0 Å². The Labute approximate surface area is 194 Å². The first-order valence-corrected chi connectivity index (χ1v) is 11.5. The molecule has 2 atom stereocenters. The number of hydrogen-bond donors (Lipinski definition) is 1. The molecule has 0 aliphatic carbocycles. The van der Waals surface area contributed by atoms with Crippen molar-refractivity contribution in [3.05, 3.63) is 70.3 Å². The minimum absolute atomic E-state index is 0.0826. The van der Waals surface area contributed by atoms with Crippen LogP contribution in [0.4, 0.5) is 0 Å². The van der Waals surface area contributed by atoms with Crippen LogP contribution in [-0.4, -0.2) is 48.1 Å². The third-order valence-corrected chi connectivity index (χ3v) is 6.49. The Balaban J connectivity index is 1.86. The van der Waals surface area contributed by atoms with Gasteiger partial charge in [0.1, 0.15) is 11.5 Å². The van der Waals surface area contributed by atoms with Crippen LogP contribution in [0.3, 0.4) is 0 Å². The molecule has 0 spiro atoms. The Morgan fingerprint density at radius 2 is 1.91 bits per heavy atom. The Hall–Kier alpha value is -3.12. The fraction of sp³-hybridized carbons (Fsp3) is 0.407. The van der Waals surface area contributed by atoms with Gasteiger partial charge in [-0.05, 0) is 48.9 Å². The average Bonchev–Trinajstić information content (AvgIpc) is 3.41. The van der Waals surface area contributed by atoms with Gasteiger partial charge in [0.2, 0.25) is 0 Å². The van der Waals surface area contributed by atoms with Gasteiger partial charge in [-0.25, -0.2) is 0 Å². The van der Waals surface area contributed by atoms with Crippen molar-refractivity contribution in [2.45, 2.75) is 51.7 Å². The molecule has 2 aromatic carbocycles. The number of rotatable bonds is 6. The summed E-state index contributed by atoms with van der Waals surface area (Å²) in [5.74, 6) is -0.726. The predicted octanol–water partition coefficient (Wildman–Crippen LogP) is 4.73. The predicted molar refractivity (Wildman–Crippen MR) is 126 cm³/mol. The molecular weight excluding hydrogens is 418 g/mol. The van der Waals surface area contributed by atoms with E-state index < -0.39 is 17.7 Å². The van der Waals surface area contributed by atoms with Crippen molar-refractivity contribution in [1.29, 1.82) is 0 Å². The zero-order valence-electron chi connectivity index (χ0n) is 19.6. The van der Waals surface area contributed by atoms with Crippen LogP contribution in [0.5, 0.6) is 5.75 Å². The van der Waals surface area contributed by atoms with Gasteiger partial charge in [-0.3, -0.25) is 9.59 Å². The van der Waals surface area contributed by atoms with E-state index in [0.717, 1.165) is 29.5 Å². The number of carbonyl (C=O) groups excluding carboxylic acids is 2. The van der Waals surface area contributed by atoms with Crippen LogP contribution in [0.25, 0.3) is 5.76 Å². The number of nitrogens with zero attached hydrogens (tertiary/aromatic N) is 1. The lowest BCUT2D eigenvalue weighted by Gasteiger charge is -2.28. The smallest absolute Gasteiger partial charge is 0.295 e. The molecule has 1 N–H and O–H groups in total. The molecule has 2 heterocycles. The van der Waals surface area contributed by atoms with Gasteiger partial charge in [0.15, 0.2) is 0 Å². The number of ether oxygens (including phenoxy) is 2. The number of amides is 1. The van der Waals surface area contributed by atoms with E-state index >= 15 is 0 Å². The molecule has 0 radical (unpaired) electrons. The molecule has 33 heavy (non-hydrogen) atoms. The van der Waals surface area contributed by atoms with Gasteiger partial charge in [0.05, 0.1) is 30.4 Å². The van der Waals surface area contributed by atoms with Gasteiger partial charge in [0.25, 0.3) is 11.7 Å². The number of Topliss-reactive ketones (excluding diaryl/α,β-unsaturated/α-hetero) is 1. The van der Waals surface area contributed by atoms with Crippen LogP contribution < -0.4 is 4.74 Å². The summed E-state index contributed by atoms with van der Waals surface area (Å²) in [5, 5.41) is 11.4. The first-order chi connectivity index (χ1) is 15.8. The van der Waals surface area contributed by atoms with Crippen LogP contribution in [-0.2, 0) is 14.3 Å². The van der Waals surface area contributed by atoms with E-state index in [-0.39, 0.29) is 17.4 Å². The molecule has 2 unspecified atom stereocenters. The van der Waals surface area contributed by atoms with Crippen LogP contribution in [0.2, 0.25) is 0 Å². The number of methoxy groups -OCH3 is 1. The van der Waals surface area contributed by atoms with Gasteiger partial charge in [-0.1, -0.05) is 49.7 Å². The molecule has 1 amide bonds. The number of benzene rings is 2. The zero-order chi connectivity index (χ0) is 23.7. The second-order valence-corrected chi connectivity index (χ2v) is 9.11. The van der Waals surface area contributed by atoms with Gasteiger partial charge < -0.3 is 19.5 Å². The second-order valence-electron chi connectivity index (χ2n) is 9.11. The standard InChI is InChI=1S/C27H31NO5/c1-16(2)18-8-10-19(11-9-18)24-23(25(29)21-14-17(3)7-12-22(21)32-4)26(30)27(31)28(24)15-20-6-5-13-33-20/h7-12,14,16,20,24,29H,5-6,13,15H2,1-4H3/b25-23+. The van der Waals surface area contributed by atoms with E-state index in [4.69, 9.17) is 9.47 Å². The fourth-order valence-electron chi connectivity index (χ4n) is 4.64. The lowest BCUT2D eigenvalue weighted by molar-refractivity contribution is -0.140. The summed E-state index contributed by atoms with van der Waals surface area (Å²) in [6.07, 6.45) is 1.66. The van der Waals surface area contributed by atoms with E-state index in [0.29, 0.717) is 30.4 Å². The minimum Gasteiger partial charge on any atom is -0.507 e. The monoisotopic (exact) mass is 449 g/mol. The third-order valence-electron chi connectivity index (χ3n) is 6.49. The maximum atomic E-state index is 13.3. The summed E-state index contributed by atoms with van der Waals surface area (Å²) in [6, 6.07) is 12.6. The quantitative estimate of drug-likeness (QED) is 0.392. The highest BCUT2D eigenvalue weighted by Gasteiger charge is 2.47. The molecule has 2 aromatic rings. The van der Waals surface area contributed by atoms with Crippen molar-refractivity contribution in [2.24, 2.45) is 0 Å². The van der Waals surface area contributed by atoms with Crippen LogP contribution in [0.1, 0.15) is 60.9 Å². The number of ketones is 1. The SMILES string of the molecule is COc1ccc(C)cc1/C(O)=C1\C(=O)C(=O)N(CC2CCCO2)C1c1ccc(C(C)C)cc1. The lowest BCUT2D eigenvalue weighted by Crippen LogP contribution is -2.36. The van der Waals surface area contributed by atoms with E-state index in [1.165, 1.54) is 7.11 Å². The summed E-state index contributed by atoms with van der Waals surface area (Å²) < 4.78 is 11.2. The molecule has 0 bridgehead atoms. The molecule has 2 aliphatic rings. The van der Waals surface area contributed by atoms with Gasteiger partial charge in [-0.2, -0.15) is 0 Å². The number of hydrogen-bond acceptors (Lipinski definition) is 5. The molecule has 0 saturated carbocycles. The van der Waals surface area contributed by atoms with Crippen LogP contribution >= 0.6 is 0 Å². The van der Waals surface area contributed by atoms with Crippen molar-refractivity contribution in [3.63, 3.8) is 0 Å². The van der Waals surface area contributed by atoms with Crippen molar-refractivity contribution in [2.75, 3.05) is 20.3 Å². The normalized spacial score (nSPS) is 22.4. The van der Waals surface area contributed by atoms with Crippen LogP contribution in [0, 0.1) is 6.92 Å². The average molecular weight is 450 g/mol. The van der Waals surface area contributed by atoms with E-state index in [9.17, 15) is 14.7 Å². The number of carbonyl (C=O) groups is 2. The molecule has 2 saturated heterocycles. The highest BCUT2D eigenvalue weighted by atomic mass is 16.5. The van der Waals surface area contributed by atoms with Crippen LogP contribution in [0.15, 0.2) is 48.0 Å². The number of aliphatic hydroxyl groups excluding tert-OH is 1. The topological polar surface area (TPSA) is 76.1 Å². The summed E-state index contributed by atoms with van der Waals surface area (Å²) >= 11 is 0. The largest absolute Gasteiger partial charge is 0.507 e. The van der Waals surface area contributed by atoms with Gasteiger partial charge in [0, 0.05) is 13.2 Å². The zero-order valence-corrected chi connectivity index (χ0v) is 19.6. The molecule has 0 aromatic heterocycles. The highest BCUT2D eigenvalue weighted by molar-refractivity contribution is 6.46. The van der Waals surface area contributed by atoms with Crippen molar-refractivity contribution in [1.82, 2.24) is 4.90 Å². The second kappa shape index (κ2) is 9.40. The maximum absolute atomic E-state index is 13.3. The van der Waals surface area contributed by atoms with Crippen molar-refractivity contribution >= 4 is 17.4 Å². The minimum atomic E-state index is -0.694. The van der Waals surface area contributed by atoms with Gasteiger partial charge >= 0.3 is 0 Å². The summed E-state index contributed by atoms with van der Waals surface area (Å²) in [5.41, 5.74) is 3.33. The van der Waals surface area contributed by atoms with E-state index in [1.54, 1.807) is 17.0 Å². The molecule has 2 aliphatic heterocycles. The Morgan fingerprint density at radius 3 is 2.52 bits per heavy atom. The van der Waals surface area contributed by atoms with E-state index in [1.807, 2.05) is 37.3 Å². The molecule has 2 fully saturated rings. The fourth-order valence-corrected chi connectivity index (χ4v) is 4.64. The number of aryl methyl sites for hydroxylation is 1. The summed E-state index contributed by atoms with van der Waals surface area (Å²) in [4.78, 5) is 28.0. The lowest BCUT2D eigenvalue weighted by atomic mass is 9.92. The number of likely N-dealkylation sites (tertiary alicyclic amines) is 1. The third kappa shape index (κ3) is 4.40. The van der Waals surface area contributed by atoms with Crippen molar-refractivity contribution in [3.8, 4) is 5.75 Å². The first kappa shape index (κ1) is 23.1. The summed E-state index contributed by atoms with van der Waals surface area (Å²) in [6.45, 7) is 7.09. The highest BCUT2D eigenvalue weighted by Crippen LogP contribution is 2.41.